The highest BCUT2D eigenvalue weighted by atomic mass is 79.9. The van der Waals surface area contributed by atoms with Gasteiger partial charge in [0.25, 0.3) is 0 Å². The molecule has 100 valence electrons. The van der Waals surface area contributed by atoms with Crippen molar-refractivity contribution in [3.05, 3.63) is 33.0 Å². The van der Waals surface area contributed by atoms with Gasteiger partial charge in [-0.15, -0.1) is 0 Å². The van der Waals surface area contributed by atoms with Crippen molar-refractivity contribution in [2.45, 2.75) is 32.7 Å². The Labute approximate surface area is 121 Å². The molecule has 1 aromatic carbocycles. The van der Waals surface area contributed by atoms with Crippen molar-refractivity contribution < 1.29 is 4.39 Å². The topological polar surface area (TPSA) is 12.0 Å². The lowest BCUT2D eigenvalue weighted by Gasteiger charge is -2.26. The Balaban J connectivity index is 2.32. The lowest BCUT2D eigenvalue weighted by molar-refractivity contribution is 0.345. The van der Waals surface area contributed by atoms with E-state index in [4.69, 9.17) is 11.6 Å². The number of hydrogen-bond donors (Lipinski definition) is 1. The molecule has 1 saturated carbocycles. The minimum atomic E-state index is -0.301. The van der Waals surface area contributed by atoms with Gasteiger partial charge in [0.15, 0.2) is 0 Å². The first-order valence-corrected chi connectivity index (χ1v) is 7.60. The van der Waals surface area contributed by atoms with Gasteiger partial charge < -0.3 is 5.32 Å². The molecule has 0 aromatic heterocycles. The molecule has 0 spiro atoms. The van der Waals surface area contributed by atoms with Gasteiger partial charge in [0.2, 0.25) is 0 Å². The first kappa shape index (κ1) is 14.3. The van der Waals surface area contributed by atoms with Gasteiger partial charge in [-0.2, -0.15) is 0 Å². The molecule has 1 aliphatic rings. The molecule has 4 heteroatoms. The second-order valence-electron chi connectivity index (χ2n) is 5.00. The number of hydrogen-bond acceptors (Lipinski definition) is 1. The van der Waals surface area contributed by atoms with Crippen molar-refractivity contribution in [2.75, 3.05) is 6.54 Å². The largest absolute Gasteiger partial charge is 0.310 e. The van der Waals surface area contributed by atoms with E-state index in [1.807, 2.05) is 19.1 Å². The molecule has 1 aliphatic carbocycles. The van der Waals surface area contributed by atoms with E-state index in [1.165, 1.54) is 12.8 Å². The van der Waals surface area contributed by atoms with Crippen LogP contribution in [0.25, 0.3) is 0 Å². The van der Waals surface area contributed by atoms with E-state index in [0.29, 0.717) is 16.0 Å². The van der Waals surface area contributed by atoms with Gasteiger partial charge in [0.1, 0.15) is 5.82 Å². The van der Waals surface area contributed by atoms with Crippen LogP contribution in [-0.4, -0.2) is 6.54 Å². The highest BCUT2D eigenvalue weighted by Gasteiger charge is 2.35. The lowest BCUT2D eigenvalue weighted by Crippen LogP contribution is -2.28. The van der Waals surface area contributed by atoms with Crippen molar-refractivity contribution in [3.8, 4) is 0 Å². The van der Waals surface area contributed by atoms with E-state index in [9.17, 15) is 4.39 Å². The Morgan fingerprint density at radius 1 is 1.50 bits per heavy atom. The molecule has 0 bridgehead atoms. The minimum absolute atomic E-state index is 0.0492. The van der Waals surface area contributed by atoms with Gasteiger partial charge in [0, 0.05) is 16.1 Å². The number of benzene rings is 1. The third-order valence-corrected chi connectivity index (χ3v) is 4.97. The molecule has 18 heavy (non-hydrogen) atoms. The van der Waals surface area contributed by atoms with Gasteiger partial charge in [-0.25, -0.2) is 4.39 Å². The van der Waals surface area contributed by atoms with Crippen LogP contribution in [0.5, 0.6) is 0 Å². The van der Waals surface area contributed by atoms with E-state index in [-0.39, 0.29) is 16.9 Å². The predicted octanol–water partition coefficient (Wildman–Crippen LogP) is 4.94. The summed E-state index contributed by atoms with van der Waals surface area (Å²) in [5.41, 5.74) is 0.685. The second-order valence-corrected chi connectivity index (χ2v) is 6.23. The maximum Gasteiger partial charge on any atom is 0.147 e. The zero-order valence-corrected chi connectivity index (χ0v) is 13.0. The summed E-state index contributed by atoms with van der Waals surface area (Å²) in [4.78, 5) is 0. The SMILES string of the molecule is CCNC(c1ccc(Br)c(Cl)c1F)C(C)C1CC1. The molecular weight excluding hydrogens is 317 g/mol. The van der Waals surface area contributed by atoms with E-state index in [0.717, 1.165) is 12.5 Å². The molecule has 1 N–H and O–H groups in total. The normalized spacial score (nSPS) is 18.7. The summed E-state index contributed by atoms with van der Waals surface area (Å²) in [6.45, 7) is 5.07. The number of nitrogens with one attached hydrogen (secondary N) is 1. The Hall–Kier alpha value is -0.120. The standard InChI is InChI=1S/C14H18BrClFN/c1-3-18-14(8(2)9-4-5-9)10-6-7-11(15)12(16)13(10)17/h6-9,14,18H,3-5H2,1-2H3. The summed E-state index contributed by atoms with van der Waals surface area (Å²) in [7, 11) is 0. The molecule has 1 fully saturated rings. The Kier molecular flexibility index (Phi) is 4.68. The zero-order valence-electron chi connectivity index (χ0n) is 10.6. The van der Waals surface area contributed by atoms with Crippen LogP contribution < -0.4 is 5.32 Å². The first-order chi connectivity index (χ1) is 8.56. The van der Waals surface area contributed by atoms with E-state index in [2.05, 4.69) is 28.2 Å². The third-order valence-electron chi connectivity index (χ3n) is 3.72. The van der Waals surface area contributed by atoms with E-state index < -0.39 is 0 Å². The van der Waals surface area contributed by atoms with Crippen molar-refractivity contribution in [2.24, 2.45) is 11.8 Å². The Morgan fingerprint density at radius 2 is 2.17 bits per heavy atom. The maximum absolute atomic E-state index is 14.3. The summed E-state index contributed by atoms with van der Waals surface area (Å²) in [6, 6.07) is 3.70. The average molecular weight is 335 g/mol. The average Bonchev–Trinajstić information content (AvgIpc) is 3.17. The molecule has 1 aromatic rings. The van der Waals surface area contributed by atoms with E-state index >= 15 is 0 Å². The maximum atomic E-state index is 14.3. The van der Waals surface area contributed by atoms with E-state index in [1.54, 1.807) is 0 Å². The lowest BCUT2D eigenvalue weighted by atomic mass is 9.90. The second kappa shape index (κ2) is 5.89. The van der Waals surface area contributed by atoms with Gasteiger partial charge in [-0.05, 0) is 53.2 Å². The highest BCUT2D eigenvalue weighted by Crippen LogP contribution is 2.44. The van der Waals surface area contributed by atoms with Gasteiger partial charge in [-0.3, -0.25) is 0 Å². The molecule has 0 amide bonds. The monoisotopic (exact) mass is 333 g/mol. The summed E-state index contributed by atoms with van der Waals surface area (Å²) in [6.07, 6.45) is 2.52. The fraction of sp³-hybridized carbons (Fsp3) is 0.571. The highest BCUT2D eigenvalue weighted by molar-refractivity contribution is 9.10. The first-order valence-electron chi connectivity index (χ1n) is 6.43. The van der Waals surface area contributed by atoms with Gasteiger partial charge in [0.05, 0.1) is 5.02 Å². The third kappa shape index (κ3) is 2.89. The van der Waals surface area contributed by atoms with Crippen LogP contribution in [-0.2, 0) is 0 Å². The summed E-state index contributed by atoms with van der Waals surface area (Å²) in [5, 5.41) is 3.57. The Morgan fingerprint density at radius 3 is 2.72 bits per heavy atom. The van der Waals surface area contributed by atoms with Crippen LogP contribution >= 0.6 is 27.5 Å². The van der Waals surface area contributed by atoms with Crippen LogP contribution in [0.1, 0.15) is 38.3 Å². The number of halogens is 3. The molecular formula is C14H18BrClFN. The zero-order chi connectivity index (χ0) is 13.3. The van der Waals surface area contributed by atoms with Crippen molar-refractivity contribution >= 4 is 27.5 Å². The fourth-order valence-electron chi connectivity index (χ4n) is 2.47. The van der Waals surface area contributed by atoms with Crippen LogP contribution in [0.15, 0.2) is 16.6 Å². The minimum Gasteiger partial charge on any atom is -0.310 e. The molecule has 0 aliphatic heterocycles. The van der Waals surface area contributed by atoms with Crippen LogP contribution in [0.3, 0.4) is 0 Å². The van der Waals surface area contributed by atoms with Gasteiger partial charge in [-0.1, -0.05) is 31.5 Å². The summed E-state index contributed by atoms with van der Waals surface area (Å²) < 4.78 is 14.9. The molecule has 2 atom stereocenters. The molecule has 0 saturated heterocycles. The van der Waals surface area contributed by atoms with Crippen LogP contribution in [0.4, 0.5) is 4.39 Å². The Bertz CT molecular complexity index is 434. The van der Waals surface area contributed by atoms with Gasteiger partial charge >= 0.3 is 0 Å². The van der Waals surface area contributed by atoms with Crippen molar-refractivity contribution in [3.63, 3.8) is 0 Å². The predicted molar refractivity (Wildman–Crippen MR) is 77.4 cm³/mol. The molecule has 0 radical (unpaired) electrons. The molecule has 0 heterocycles. The van der Waals surface area contributed by atoms with Crippen molar-refractivity contribution in [1.29, 1.82) is 0 Å². The molecule has 2 rings (SSSR count). The smallest absolute Gasteiger partial charge is 0.147 e. The fourth-order valence-corrected chi connectivity index (χ4v) is 2.95. The summed E-state index contributed by atoms with van der Waals surface area (Å²) >= 11 is 9.23. The van der Waals surface area contributed by atoms with Crippen LogP contribution in [0, 0.1) is 17.7 Å². The van der Waals surface area contributed by atoms with Crippen molar-refractivity contribution in [1.82, 2.24) is 5.32 Å². The van der Waals surface area contributed by atoms with Crippen LogP contribution in [0.2, 0.25) is 5.02 Å². The quantitative estimate of drug-likeness (QED) is 0.752. The molecule has 2 unspecified atom stereocenters. The molecule has 1 nitrogen and oxygen atoms in total. The summed E-state index contributed by atoms with van der Waals surface area (Å²) in [5.74, 6) is 0.858. The number of rotatable bonds is 5.